The summed E-state index contributed by atoms with van der Waals surface area (Å²) in [6, 6.07) is 8.93. The van der Waals surface area contributed by atoms with Crippen LogP contribution in [0.1, 0.15) is 31.2 Å². The largest absolute Gasteiger partial charge is 0.368 e. The monoisotopic (exact) mass is 459 g/mol. The Morgan fingerprint density at radius 2 is 1.97 bits per heavy atom. The highest BCUT2D eigenvalue weighted by Gasteiger charge is 2.39. The molecule has 0 spiro atoms. The number of nitrogens with zero attached hydrogens (tertiary/aromatic N) is 4. The van der Waals surface area contributed by atoms with Crippen molar-refractivity contribution in [2.75, 3.05) is 36.9 Å². The number of halogens is 1. The van der Waals surface area contributed by atoms with Crippen molar-refractivity contribution < 1.29 is 9.53 Å². The molecule has 2 aliphatic heterocycles. The van der Waals surface area contributed by atoms with Gasteiger partial charge in [-0.2, -0.15) is 4.98 Å². The molecular weight excluding hydrogens is 430 g/mol. The Bertz CT molecular complexity index is 925. The van der Waals surface area contributed by atoms with E-state index >= 15 is 0 Å². The number of aromatic amines is 1. The first-order chi connectivity index (χ1) is 15.5. The molecule has 3 fully saturated rings. The molecule has 9 nitrogen and oxygen atoms in total. The van der Waals surface area contributed by atoms with Gasteiger partial charge in [0.05, 0.1) is 6.61 Å². The molecule has 0 radical (unpaired) electrons. The summed E-state index contributed by atoms with van der Waals surface area (Å²) in [4.78, 5) is 21.6. The topological polar surface area (TPSA) is 112 Å². The molecule has 172 valence electrons. The van der Waals surface area contributed by atoms with Crippen molar-refractivity contribution in [3.63, 3.8) is 0 Å². The first-order valence-electron chi connectivity index (χ1n) is 11.4. The zero-order valence-corrected chi connectivity index (χ0v) is 18.8. The molecular formula is C22H30ClN7O2. The number of piperidine rings is 1. The quantitative estimate of drug-likeness (QED) is 0.601. The Kier molecular flexibility index (Phi) is 6.21. The Morgan fingerprint density at radius 3 is 2.62 bits per heavy atom. The number of carbonyl (C=O) groups excluding carboxylic acids is 1. The number of hydrogen-bond acceptors (Lipinski definition) is 7. The van der Waals surface area contributed by atoms with Crippen LogP contribution in [0.5, 0.6) is 0 Å². The molecule has 3 heterocycles. The fourth-order valence-corrected chi connectivity index (χ4v) is 4.84. The summed E-state index contributed by atoms with van der Waals surface area (Å²) in [6.07, 6.45) is 4.55. The van der Waals surface area contributed by atoms with Crippen LogP contribution in [0.25, 0.3) is 0 Å². The third-order valence-electron chi connectivity index (χ3n) is 6.64. The average molecular weight is 460 g/mol. The Hall–Kier alpha value is -2.36. The summed E-state index contributed by atoms with van der Waals surface area (Å²) >= 11 is 6.07. The highest BCUT2D eigenvalue weighted by atomic mass is 35.5. The normalized spacial score (nSPS) is 25.1. The molecule has 3 aliphatic rings. The molecule has 10 heteroatoms. The van der Waals surface area contributed by atoms with Crippen LogP contribution >= 0.6 is 11.6 Å². The van der Waals surface area contributed by atoms with Crippen molar-refractivity contribution in [1.82, 2.24) is 25.4 Å². The van der Waals surface area contributed by atoms with E-state index in [4.69, 9.17) is 22.1 Å². The molecule has 2 aromatic rings. The van der Waals surface area contributed by atoms with Gasteiger partial charge in [-0.05, 0) is 49.8 Å². The summed E-state index contributed by atoms with van der Waals surface area (Å²) in [5.74, 6) is 1.02. The minimum Gasteiger partial charge on any atom is -0.368 e. The lowest BCUT2D eigenvalue weighted by molar-refractivity contribution is -0.145. The van der Waals surface area contributed by atoms with E-state index in [2.05, 4.69) is 42.4 Å². The van der Waals surface area contributed by atoms with Crippen LogP contribution < -0.4 is 16.0 Å². The summed E-state index contributed by atoms with van der Waals surface area (Å²) in [7, 11) is 0. The number of ether oxygens (including phenoxy) is 1. The number of carbonyl (C=O) groups is 1. The molecule has 0 bridgehead atoms. The second-order valence-electron chi connectivity index (χ2n) is 9.02. The van der Waals surface area contributed by atoms with Crippen molar-refractivity contribution in [3.05, 3.63) is 34.9 Å². The highest BCUT2D eigenvalue weighted by Crippen LogP contribution is 2.27. The number of amides is 1. The van der Waals surface area contributed by atoms with E-state index in [0.717, 1.165) is 50.2 Å². The number of nitrogens with one attached hydrogen (secondary N) is 2. The molecule has 0 unspecified atom stereocenters. The number of nitrogen functional groups attached to an aromatic ring is 1. The maximum atomic E-state index is 12.7. The molecule has 4 N–H and O–H groups in total. The van der Waals surface area contributed by atoms with Crippen LogP contribution in [-0.4, -0.2) is 76.5 Å². The number of rotatable bonds is 6. The third-order valence-corrected chi connectivity index (χ3v) is 6.90. The highest BCUT2D eigenvalue weighted by molar-refractivity contribution is 6.30. The summed E-state index contributed by atoms with van der Waals surface area (Å²) in [5.41, 5.74) is 6.91. The summed E-state index contributed by atoms with van der Waals surface area (Å²) in [6.45, 7) is 2.87. The second-order valence-corrected chi connectivity index (χ2v) is 9.46. The Balaban J connectivity index is 1.27. The summed E-state index contributed by atoms with van der Waals surface area (Å²) in [5, 5.41) is 10.7. The maximum absolute atomic E-state index is 12.7. The van der Waals surface area contributed by atoms with Crippen molar-refractivity contribution in [1.29, 1.82) is 0 Å². The predicted molar refractivity (Wildman–Crippen MR) is 123 cm³/mol. The van der Waals surface area contributed by atoms with Gasteiger partial charge >= 0.3 is 0 Å². The summed E-state index contributed by atoms with van der Waals surface area (Å²) < 4.78 is 6.06. The number of hydrogen-bond donors (Lipinski definition) is 3. The first kappa shape index (κ1) is 21.5. The van der Waals surface area contributed by atoms with Gasteiger partial charge in [-0.3, -0.25) is 9.69 Å². The number of benzene rings is 1. The minimum absolute atomic E-state index is 0.0241. The van der Waals surface area contributed by atoms with Gasteiger partial charge in [0, 0.05) is 42.8 Å². The zero-order valence-electron chi connectivity index (χ0n) is 18.0. The predicted octanol–water partition coefficient (Wildman–Crippen LogP) is 1.60. The smallest absolute Gasteiger partial charge is 0.250 e. The average Bonchev–Trinajstić information content (AvgIpc) is 3.52. The number of anilines is 2. The van der Waals surface area contributed by atoms with Crippen molar-refractivity contribution in [3.8, 4) is 0 Å². The second kappa shape index (κ2) is 9.25. The molecule has 2 atom stereocenters. The van der Waals surface area contributed by atoms with Crippen LogP contribution in [0.2, 0.25) is 5.02 Å². The molecule has 1 aliphatic carbocycles. The first-order valence-corrected chi connectivity index (χ1v) is 11.8. The zero-order chi connectivity index (χ0) is 22.1. The lowest BCUT2D eigenvalue weighted by Gasteiger charge is -2.46. The van der Waals surface area contributed by atoms with Gasteiger partial charge < -0.3 is 20.7 Å². The van der Waals surface area contributed by atoms with Gasteiger partial charge in [-0.25, -0.2) is 5.10 Å². The number of nitrogens with two attached hydrogens (primary N) is 1. The van der Waals surface area contributed by atoms with E-state index in [-0.39, 0.29) is 11.9 Å². The fourth-order valence-electron chi connectivity index (χ4n) is 4.72. The molecule has 1 saturated carbocycles. The molecule has 1 aromatic heterocycles. The SMILES string of the molecule is Nc1nc(N2CCC(N3C[C@H](C(=O)NC4CC4)OC[C@@H]3Cc3ccc(Cl)cc3)CC2)n[nH]1. The lowest BCUT2D eigenvalue weighted by atomic mass is 9.96. The van der Waals surface area contributed by atoms with Gasteiger partial charge in [0.2, 0.25) is 11.9 Å². The molecule has 1 amide bonds. The van der Waals surface area contributed by atoms with E-state index < -0.39 is 6.10 Å². The van der Waals surface area contributed by atoms with Gasteiger partial charge in [0.15, 0.2) is 0 Å². The van der Waals surface area contributed by atoms with Crippen LogP contribution in [0.15, 0.2) is 24.3 Å². The Morgan fingerprint density at radius 1 is 1.22 bits per heavy atom. The van der Waals surface area contributed by atoms with E-state index in [9.17, 15) is 4.79 Å². The van der Waals surface area contributed by atoms with Crippen molar-refractivity contribution in [2.45, 2.75) is 56.3 Å². The van der Waals surface area contributed by atoms with Crippen molar-refractivity contribution in [2.24, 2.45) is 0 Å². The fraction of sp³-hybridized carbons (Fsp3) is 0.591. The van der Waals surface area contributed by atoms with E-state index in [1.165, 1.54) is 5.56 Å². The third kappa shape index (κ3) is 5.00. The van der Waals surface area contributed by atoms with Crippen LogP contribution in [0, 0.1) is 0 Å². The van der Waals surface area contributed by atoms with Gasteiger partial charge in [0.1, 0.15) is 6.10 Å². The van der Waals surface area contributed by atoms with E-state index in [1.807, 2.05) is 12.1 Å². The molecule has 2 saturated heterocycles. The number of morpholine rings is 1. The van der Waals surface area contributed by atoms with Gasteiger partial charge in [-0.1, -0.05) is 23.7 Å². The van der Waals surface area contributed by atoms with E-state index in [0.29, 0.717) is 37.1 Å². The van der Waals surface area contributed by atoms with Gasteiger partial charge in [-0.15, -0.1) is 5.10 Å². The minimum atomic E-state index is -0.414. The van der Waals surface area contributed by atoms with Crippen molar-refractivity contribution >= 4 is 29.4 Å². The van der Waals surface area contributed by atoms with Crippen LogP contribution in [0.3, 0.4) is 0 Å². The maximum Gasteiger partial charge on any atom is 0.250 e. The van der Waals surface area contributed by atoms with E-state index in [1.54, 1.807) is 0 Å². The Labute approximate surface area is 192 Å². The molecule has 5 rings (SSSR count). The number of H-pyrrole nitrogens is 1. The lowest BCUT2D eigenvalue weighted by Crippen LogP contribution is -2.60. The van der Waals surface area contributed by atoms with Gasteiger partial charge in [0.25, 0.3) is 5.91 Å². The van der Waals surface area contributed by atoms with Crippen LogP contribution in [0.4, 0.5) is 11.9 Å². The number of aromatic nitrogens is 3. The standard InChI is InChI=1S/C22H30ClN7O2/c23-15-3-1-14(2-4-15)11-18-13-32-19(20(31)25-16-5-6-16)12-30(18)17-7-9-29(10-8-17)22-26-21(24)27-28-22/h1-4,16-19H,5-13H2,(H,25,31)(H3,24,26,27,28)/t18-,19+/m0/s1. The molecule has 1 aromatic carbocycles. The molecule has 32 heavy (non-hydrogen) atoms. The van der Waals surface area contributed by atoms with Crippen LogP contribution in [-0.2, 0) is 16.0 Å².